The second kappa shape index (κ2) is 9.72. The quantitative estimate of drug-likeness (QED) is 0.436. The number of carboxylic acid groups (broad SMARTS) is 1. The van der Waals surface area contributed by atoms with Crippen molar-refractivity contribution in [1.29, 1.82) is 0 Å². The van der Waals surface area contributed by atoms with Gasteiger partial charge < -0.3 is 20.6 Å². The number of aliphatic hydroxyl groups is 2. The summed E-state index contributed by atoms with van der Waals surface area (Å²) in [6, 6.07) is -1.25. The summed E-state index contributed by atoms with van der Waals surface area (Å²) in [5, 5.41) is 31.6. The Morgan fingerprint density at radius 3 is 2.32 bits per heavy atom. The molecule has 0 saturated heterocycles. The summed E-state index contributed by atoms with van der Waals surface area (Å²) in [5.74, 6) is 2.60. The van der Waals surface area contributed by atoms with Gasteiger partial charge in [-0.1, -0.05) is 20.8 Å². The molecule has 4 aliphatic carbocycles. The molecule has 6 nitrogen and oxygen atoms in total. The molecule has 4 fully saturated rings. The largest absolute Gasteiger partial charge is 0.480 e. The maximum Gasteiger partial charge on any atom is 0.328 e. The van der Waals surface area contributed by atoms with E-state index in [1.54, 1.807) is 0 Å². The summed E-state index contributed by atoms with van der Waals surface area (Å²) < 4.78 is 0. The number of amides is 1. The van der Waals surface area contributed by atoms with Crippen LogP contribution in [0.5, 0.6) is 0 Å². The maximum atomic E-state index is 12.4. The van der Waals surface area contributed by atoms with Crippen LogP contribution in [-0.2, 0) is 9.59 Å². The number of hydrogen-bond acceptors (Lipinski definition) is 4. The molecule has 0 heterocycles. The zero-order chi connectivity index (χ0) is 24.8. The third kappa shape index (κ3) is 4.54. The number of carboxylic acids is 1. The molecule has 0 spiro atoms. The number of aliphatic carboxylic acids is 1. The number of carbonyl (C=O) groups is 2. The molecule has 4 aliphatic rings. The molecule has 4 rings (SSSR count). The van der Waals surface area contributed by atoms with Crippen LogP contribution in [0.4, 0.5) is 0 Å². The predicted octanol–water partition coefficient (Wildman–Crippen LogP) is 4.37. The molecule has 6 heteroatoms. The van der Waals surface area contributed by atoms with Gasteiger partial charge in [0.25, 0.3) is 0 Å². The third-order valence-corrected chi connectivity index (χ3v) is 11.3. The summed E-state index contributed by atoms with van der Waals surface area (Å²) >= 11 is 0. The van der Waals surface area contributed by atoms with E-state index in [1.807, 2.05) is 0 Å². The van der Waals surface area contributed by atoms with E-state index in [1.165, 1.54) is 51.9 Å². The molecule has 1 amide bonds. The van der Waals surface area contributed by atoms with Crippen LogP contribution in [0, 0.1) is 46.3 Å². The van der Waals surface area contributed by atoms with E-state index >= 15 is 0 Å². The van der Waals surface area contributed by atoms with Crippen molar-refractivity contribution in [2.75, 3.05) is 0 Å². The van der Waals surface area contributed by atoms with Gasteiger partial charge in [-0.3, -0.25) is 4.79 Å². The van der Waals surface area contributed by atoms with Gasteiger partial charge >= 0.3 is 5.97 Å². The number of rotatable bonds is 7. The Labute approximate surface area is 205 Å². The second-order valence-electron chi connectivity index (χ2n) is 13.0. The highest BCUT2D eigenvalue weighted by atomic mass is 16.4. The van der Waals surface area contributed by atoms with Crippen molar-refractivity contribution >= 4 is 11.9 Å². The molecule has 0 radical (unpaired) electrons. The van der Waals surface area contributed by atoms with E-state index in [0.717, 1.165) is 37.0 Å². The highest BCUT2D eigenvalue weighted by Crippen LogP contribution is 2.68. The molecule has 0 aromatic rings. The van der Waals surface area contributed by atoms with Crippen LogP contribution in [0.3, 0.4) is 0 Å². The van der Waals surface area contributed by atoms with E-state index in [4.69, 9.17) is 0 Å². The Hall–Kier alpha value is -1.14. The first-order valence-electron chi connectivity index (χ1n) is 13.9. The third-order valence-electron chi connectivity index (χ3n) is 11.3. The Bertz CT molecular complexity index is 770. The lowest BCUT2D eigenvalue weighted by Crippen LogP contribution is -2.54. The minimum Gasteiger partial charge on any atom is -0.480 e. The van der Waals surface area contributed by atoms with Crippen LogP contribution in [0.2, 0.25) is 0 Å². The SMILES string of the molecule is CC(O)C(NC(=O)CCC(C)[C@H]1CC[C@H]2[C@@H]3CC[C@@H]4C[C@H](O)CC[C@]4(C)[C@H]3CC[C@]12C)C(=O)O. The van der Waals surface area contributed by atoms with Gasteiger partial charge in [-0.25, -0.2) is 4.79 Å². The normalized spacial score (nSPS) is 44.2. The Balaban J connectivity index is 1.38. The zero-order valence-electron chi connectivity index (χ0n) is 21.6. The Morgan fingerprint density at radius 2 is 1.65 bits per heavy atom. The van der Waals surface area contributed by atoms with E-state index in [2.05, 4.69) is 26.1 Å². The summed E-state index contributed by atoms with van der Waals surface area (Å²) in [6.07, 6.45) is 10.7. The predicted molar refractivity (Wildman–Crippen MR) is 131 cm³/mol. The van der Waals surface area contributed by atoms with Crippen LogP contribution in [-0.4, -0.2) is 45.4 Å². The number of carbonyl (C=O) groups excluding carboxylic acids is 1. The lowest BCUT2D eigenvalue weighted by molar-refractivity contribution is -0.144. The molecule has 0 aromatic carbocycles. The van der Waals surface area contributed by atoms with Gasteiger partial charge in [0.1, 0.15) is 0 Å². The molecule has 4 saturated carbocycles. The van der Waals surface area contributed by atoms with Crippen molar-refractivity contribution in [3.8, 4) is 0 Å². The van der Waals surface area contributed by atoms with Gasteiger partial charge in [0.15, 0.2) is 6.04 Å². The average molecular weight is 478 g/mol. The summed E-state index contributed by atoms with van der Waals surface area (Å²) in [5.41, 5.74) is 0.730. The first kappa shape index (κ1) is 25.9. The molecule has 34 heavy (non-hydrogen) atoms. The highest BCUT2D eigenvalue weighted by Gasteiger charge is 2.60. The lowest BCUT2D eigenvalue weighted by Gasteiger charge is -2.61. The molecule has 11 atom stereocenters. The fourth-order valence-corrected chi connectivity index (χ4v) is 9.40. The molecule has 3 unspecified atom stereocenters. The number of nitrogens with one attached hydrogen (secondary N) is 1. The topological polar surface area (TPSA) is 107 Å². The van der Waals surface area contributed by atoms with E-state index in [9.17, 15) is 24.9 Å². The van der Waals surface area contributed by atoms with Crippen LogP contribution in [0.25, 0.3) is 0 Å². The second-order valence-corrected chi connectivity index (χ2v) is 13.0. The molecule has 4 N–H and O–H groups in total. The van der Waals surface area contributed by atoms with E-state index < -0.39 is 18.1 Å². The molecule has 0 aliphatic heterocycles. The van der Waals surface area contributed by atoms with Crippen molar-refractivity contribution < 1.29 is 24.9 Å². The number of fused-ring (bicyclic) bond motifs is 5. The average Bonchev–Trinajstić information content (AvgIpc) is 3.13. The molecule has 0 bridgehead atoms. The zero-order valence-corrected chi connectivity index (χ0v) is 21.6. The van der Waals surface area contributed by atoms with Gasteiger partial charge in [0, 0.05) is 6.42 Å². The smallest absolute Gasteiger partial charge is 0.328 e. The fourth-order valence-electron chi connectivity index (χ4n) is 9.40. The lowest BCUT2D eigenvalue weighted by atomic mass is 9.44. The van der Waals surface area contributed by atoms with Gasteiger partial charge in [0.2, 0.25) is 5.91 Å². The standard InChI is InChI=1S/C28H47NO5/c1-16(5-10-24(32)29-25(17(2)30)26(33)34)21-8-9-22-20-7-6-18-15-19(31)11-13-27(18,3)23(20)12-14-28(21,22)4/h16-23,25,30-31H,5-15H2,1-4H3,(H,29,32)(H,33,34)/t16?,17?,18-,19-,20+,21-,22+,23+,25?,27+,28-/m1/s1. The van der Waals surface area contributed by atoms with Crippen LogP contribution in [0.1, 0.15) is 98.3 Å². The van der Waals surface area contributed by atoms with Crippen LogP contribution < -0.4 is 5.32 Å². The molecule has 194 valence electrons. The van der Waals surface area contributed by atoms with Crippen molar-refractivity contribution in [1.82, 2.24) is 5.32 Å². The van der Waals surface area contributed by atoms with Crippen molar-refractivity contribution in [3.05, 3.63) is 0 Å². The summed E-state index contributed by atoms with van der Waals surface area (Å²) in [7, 11) is 0. The van der Waals surface area contributed by atoms with Crippen molar-refractivity contribution in [2.45, 2.75) is 117 Å². The monoisotopic (exact) mass is 477 g/mol. The van der Waals surface area contributed by atoms with Crippen LogP contribution >= 0.6 is 0 Å². The first-order chi connectivity index (χ1) is 16.0. The minimum atomic E-state index is -1.25. The van der Waals surface area contributed by atoms with Crippen molar-refractivity contribution in [2.24, 2.45) is 46.3 Å². The molecular weight excluding hydrogens is 430 g/mol. The Morgan fingerprint density at radius 1 is 0.971 bits per heavy atom. The van der Waals surface area contributed by atoms with Crippen molar-refractivity contribution in [3.63, 3.8) is 0 Å². The first-order valence-corrected chi connectivity index (χ1v) is 13.9. The van der Waals surface area contributed by atoms with Crippen LogP contribution in [0.15, 0.2) is 0 Å². The minimum absolute atomic E-state index is 0.0937. The Kier molecular flexibility index (Phi) is 7.42. The molecular formula is C28H47NO5. The summed E-state index contributed by atoms with van der Waals surface area (Å²) in [4.78, 5) is 23.7. The fraction of sp³-hybridized carbons (Fsp3) is 0.929. The highest BCUT2D eigenvalue weighted by molar-refractivity contribution is 5.83. The number of hydrogen-bond donors (Lipinski definition) is 4. The maximum absolute atomic E-state index is 12.4. The van der Waals surface area contributed by atoms with E-state index in [-0.39, 0.29) is 12.0 Å². The van der Waals surface area contributed by atoms with Gasteiger partial charge in [-0.15, -0.1) is 0 Å². The van der Waals surface area contributed by atoms with Gasteiger partial charge in [-0.05, 0) is 117 Å². The molecule has 0 aromatic heterocycles. The van der Waals surface area contributed by atoms with E-state index in [0.29, 0.717) is 35.0 Å². The summed E-state index contributed by atoms with van der Waals surface area (Å²) in [6.45, 7) is 8.73. The number of aliphatic hydroxyl groups excluding tert-OH is 2. The van der Waals surface area contributed by atoms with Gasteiger partial charge in [-0.2, -0.15) is 0 Å². The van der Waals surface area contributed by atoms with Gasteiger partial charge in [0.05, 0.1) is 12.2 Å².